The summed E-state index contributed by atoms with van der Waals surface area (Å²) in [6.07, 6.45) is 3.59. The first-order valence-corrected chi connectivity index (χ1v) is 9.82. The van der Waals surface area contributed by atoms with E-state index in [0.717, 1.165) is 55.5 Å². The molecule has 2 aromatic rings. The van der Waals surface area contributed by atoms with E-state index in [9.17, 15) is 13.2 Å². The molecule has 28 heavy (non-hydrogen) atoms. The molecule has 0 radical (unpaired) electrons. The van der Waals surface area contributed by atoms with E-state index in [1.165, 1.54) is 19.2 Å². The highest BCUT2D eigenvalue weighted by Gasteiger charge is 2.29. The molecule has 0 saturated carbocycles. The lowest BCUT2D eigenvalue weighted by Gasteiger charge is -2.34. The van der Waals surface area contributed by atoms with E-state index in [0.29, 0.717) is 18.3 Å². The highest BCUT2D eigenvalue weighted by atomic mass is 19.2. The summed E-state index contributed by atoms with van der Waals surface area (Å²) in [4.78, 5) is 2.26. The Morgan fingerprint density at radius 1 is 1.04 bits per heavy atom. The summed E-state index contributed by atoms with van der Waals surface area (Å²) in [6, 6.07) is 8.34. The van der Waals surface area contributed by atoms with Crippen molar-refractivity contribution in [2.24, 2.45) is 0 Å². The van der Waals surface area contributed by atoms with Gasteiger partial charge in [0, 0.05) is 18.6 Å². The van der Waals surface area contributed by atoms with Crippen LogP contribution in [-0.4, -0.2) is 31.1 Å². The molecule has 1 N–H and O–H groups in total. The third-order valence-electron chi connectivity index (χ3n) is 5.94. The molecule has 1 fully saturated rings. The average molecular weight is 390 g/mol. The Morgan fingerprint density at radius 3 is 2.54 bits per heavy atom. The lowest BCUT2D eigenvalue weighted by Crippen LogP contribution is -2.43. The van der Waals surface area contributed by atoms with Crippen LogP contribution in [0, 0.1) is 17.5 Å². The number of piperidine rings is 1. The zero-order chi connectivity index (χ0) is 19.7. The molecule has 150 valence electrons. The Labute approximate surface area is 163 Å². The number of nitrogens with one attached hydrogen (secondary N) is 1. The molecule has 0 amide bonds. The van der Waals surface area contributed by atoms with E-state index in [1.807, 2.05) is 6.07 Å². The predicted molar refractivity (Wildman–Crippen MR) is 102 cm³/mol. The summed E-state index contributed by atoms with van der Waals surface area (Å²) in [7, 11) is 1.49. The lowest BCUT2D eigenvalue weighted by atomic mass is 10.0. The van der Waals surface area contributed by atoms with Crippen LogP contribution in [0.2, 0.25) is 0 Å². The van der Waals surface area contributed by atoms with Gasteiger partial charge < -0.3 is 10.1 Å². The van der Waals surface area contributed by atoms with Crippen LogP contribution < -0.4 is 10.1 Å². The minimum Gasteiger partial charge on any atom is -0.494 e. The predicted octanol–water partition coefficient (Wildman–Crippen LogP) is 4.35. The molecule has 1 saturated heterocycles. The SMILES string of the molecule is COc1ccc2c(c1F)CCC2NC1CCN(Cc2ccc(F)c(F)c2)CC1. The Kier molecular flexibility index (Phi) is 5.60. The van der Waals surface area contributed by atoms with Gasteiger partial charge in [-0.15, -0.1) is 0 Å². The number of rotatable bonds is 5. The molecular formula is C22H25F3N2O. The Morgan fingerprint density at radius 2 is 1.82 bits per heavy atom. The molecule has 4 rings (SSSR count). The summed E-state index contributed by atoms with van der Waals surface area (Å²) >= 11 is 0. The quantitative estimate of drug-likeness (QED) is 0.821. The molecule has 0 spiro atoms. The van der Waals surface area contributed by atoms with Crippen LogP contribution in [0.5, 0.6) is 5.75 Å². The van der Waals surface area contributed by atoms with Gasteiger partial charge in [0.2, 0.25) is 0 Å². The van der Waals surface area contributed by atoms with Crippen molar-refractivity contribution in [3.05, 3.63) is 64.5 Å². The van der Waals surface area contributed by atoms with Crippen LogP contribution in [0.1, 0.15) is 42.0 Å². The number of methoxy groups -OCH3 is 1. The fourth-order valence-electron chi connectivity index (χ4n) is 4.41. The van der Waals surface area contributed by atoms with Crippen molar-refractivity contribution in [2.45, 2.75) is 44.3 Å². The minimum atomic E-state index is -0.808. The first kappa shape index (κ1) is 19.3. The number of fused-ring (bicyclic) bond motifs is 1. The molecule has 0 bridgehead atoms. The number of hydrogen-bond donors (Lipinski definition) is 1. The van der Waals surface area contributed by atoms with Gasteiger partial charge >= 0.3 is 0 Å². The van der Waals surface area contributed by atoms with Crippen molar-refractivity contribution in [3.63, 3.8) is 0 Å². The monoisotopic (exact) mass is 390 g/mol. The van der Waals surface area contributed by atoms with Crippen molar-refractivity contribution in [2.75, 3.05) is 20.2 Å². The van der Waals surface area contributed by atoms with Crippen LogP contribution in [0.15, 0.2) is 30.3 Å². The van der Waals surface area contributed by atoms with Gasteiger partial charge in [-0.3, -0.25) is 4.90 Å². The summed E-state index contributed by atoms with van der Waals surface area (Å²) in [5, 5.41) is 3.70. The molecule has 3 nitrogen and oxygen atoms in total. The number of nitrogens with zero attached hydrogens (tertiary/aromatic N) is 1. The largest absolute Gasteiger partial charge is 0.494 e. The van der Waals surface area contributed by atoms with Crippen LogP contribution in [0.25, 0.3) is 0 Å². The molecule has 1 unspecified atom stereocenters. The van der Waals surface area contributed by atoms with Crippen molar-refractivity contribution < 1.29 is 17.9 Å². The smallest absolute Gasteiger partial charge is 0.168 e. The Balaban J connectivity index is 1.32. The molecule has 1 aliphatic heterocycles. The van der Waals surface area contributed by atoms with Gasteiger partial charge in [-0.25, -0.2) is 13.2 Å². The molecule has 2 aromatic carbocycles. The van der Waals surface area contributed by atoms with Gasteiger partial charge in [0.25, 0.3) is 0 Å². The molecule has 1 atom stereocenters. The van der Waals surface area contributed by atoms with Gasteiger partial charge in [-0.05, 0) is 73.7 Å². The second kappa shape index (κ2) is 8.13. The van der Waals surface area contributed by atoms with E-state index in [1.54, 1.807) is 12.1 Å². The molecule has 2 aliphatic rings. The first-order valence-electron chi connectivity index (χ1n) is 9.82. The first-order chi connectivity index (χ1) is 13.5. The van der Waals surface area contributed by atoms with Crippen molar-refractivity contribution in [1.82, 2.24) is 10.2 Å². The Bertz CT molecular complexity index is 850. The van der Waals surface area contributed by atoms with Crippen LogP contribution in [0.3, 0.4) is 0 Å². The number of halogens is 3. The summed E-state index contributed by atoms with van der Waals surface area (Å²) in [5.41, 5.74) is 2.61. The molecular weight excluding hydrogens is 365 g/mol. The van der Waals surface area contributed by atoms with Gasteiger partial charge in [-0.2, -0.15) is 0 Å². The van der Waals surface area contributed by atoms with Gasteiger partial charge in [-0.1, -0.05) is 12.1 Å². The summed E-state index contributed by atoms with van der Waals surface area (Å²) in [6.45, 7) is 2.42. The maximum Gasteiger partial charge on any atom is 0.168 e. The van der Waals surface area contributed by atoms with Crippen LogP contribution in [0.4, 0.5) is 13.2 Å². The maximum absolute atomic E-state index is 14.4. The van der Waals surface area contributed by atoms with Gasteiger partial charge in [0.15, 0.2) is 23.2 Å². The normalized spacial score (nSPS) is 20.4. The van der Waals surface area contributed by atoms with E-state index in [4.69, 9.17) is 4.74 Å². The van der Waals surface area contributed by atoms with E-state index in [2.05, 4.69) is 10.2 Å². The lowest BCUT2D eigenvalue weighted by molar-refractivity contribution is 0.183. The van der Waals surface area contributed by atoms with Crippen molar-refractivity contribution >= 4 is 0 Å². The second-order valence-electron chi connectivity index (χ2n) is 7.71. The van der Waals surface area contributed by atoms with Crippen LogP contribution in [-0.2, 0) is 13.0 Å². The van der Waals surface area contributed by atoms with Crippen molar-refractivity contribution in [1.29, 1.82) is 0 Å². The zero-order valence-electron chi connectivity index (χ0n) is 16.0. The molecule has 1 aliphatic carbocycles. The van der Waals surface area contributed by atoms with E-state index in [-0.39, 0.29) is 11.9 Å². The molecule has 1 heterocycles. The summed E-state index contributed by atoms with van der Waals surface area (Å²) < 4.78 is 46.0. The van der Waals surface area contributed by atoms with Gasteiger partial charge in [0.1, 0.15) is 0 Å². The number of likely N-dealkylation sites (tertiary alicyclic amines) is 1. The van der Waals surface area contributed by atoms with Crippen molar-refractivity contribution in [3.8, 4) is 5.75 Å². The van der Waals surface area contributed by atoms with Gasteiger partial charge in [0.05, 0.1) is 7.11 Å². The molecule has 0 aromatic heterocycles. The average Bonchev–Trinajstić information content (AvgIpc) is 3.10. The number of benzene rings is 2. The second-order valence-corrected chi connectivity index (χ2v) is 7.71. The Hall–Kier alpha value is -2.05. The van der Waals surface area contributed by atoms with E-state index < -0.39 is 11.6 Å². The van der Waals surface area contributed by atoms with Crippen LogP contribution >= 0.6 is 0 Å². The highest BCUT2D eigenvalue weighted by molar-refractivity contribution is 5.42. The highest BCUT2D eigenvalue weighted by Crippen LogP contribution is 2.37. The third-order valence-corrected chi connectivity index (χ3v) is 5.94. The fraction of sp³-hybridized carbons (Fsp3) is 0.455. The number of ether oxygens (including phenoxy) is 1. The van der Waals surface area contributed by atoms with E-state index >= 15 is 0 Å². The zero-order valence-corrected chi connectivity index (χ0v) is 16.0. The standard InChI is InChI=1S/C22H25F3N2O/c1-28-21-7-4-16-17(22(21)25)3-6-20(16)26-15-8-10-27(11-9-15)13-14-2-5-18(23)19(24)12-14/h2,4-5,7,12,15,20,26H,3,6,8-11,13H2,1H3. The topological polar surface area (TPSA) is 24.5 Å². The fourth-order valence-corrected chi connectivity index (χ4v) is 4.41. The maximum atomic E-state index is 14.4. The number of hydrogen-bond acceptors (Lipinski definition) is 3. The third kappa shape index (κ3) is 3.89. The minimum absolute atomic E-state index is 0.179. The molecule has 6 heteroatoms. The summed E-state index contributed by atoms with van der Waals surface area (Å²) in [5.74, 6) is -1.52.